The van der Waals surface area contributed by atoms with Crippen LogP contribution in [-0.2, 0) is 4.79 Å². The van der Waals surface area contributed by atoms with Gasteiger partial charge in [0.15, 0.2) is 0 Å². The minimum atomic E-state index is -0.397. The summed E-state index contributed by atoms with van der Waals surface area (Å²) in [7, 11) is 1.78. The molecule has 0 aliphatic carbocycles. The van der Waals surface area contributed by atoms with Crippen LogP contribution in [0.1, 0.15) is 18.9 Å². The molecule has 0 spiro atoms. The van der Waals surface area contributed by atoms with Gasteiger partial charge in [-0.05, 0) is 43.6 Å². The van der Waals surface area contributed by atoms with Gasteiger partial charge in [-0.3, -0.25) is 9.69 Å². The van der Waals surface area contributed by atoms with Crippen LogP contribution in [0.15, 0.2) is 46.2 Å². The average molecular weight is 360 g/mol. The maximum Gasteiger partial charge on any atom is 0.257 e. The predicted octanol–water partition coefficient (Wildman–Crippen LogP) is 3.57. The number of carbonyl (C=O) groups excluding carboxylic acids is 1. The summed E-state index contributed by atoms with van der Waals surface area (Å²) in [5.74, 6) is 0.253. The summed E-state index contributed by atoms with van der Waals surface area (Å²) in [4.78, 5) is 14.8. The molecule has 2 heterocycles. The smallest absolute Gasteiger partial charge is 0.257 e. The van der Waals surface area contributed by atoms with Gasteiger partial charge in [-0.25, -0.2) is 4.39 Å². The summed E-state index contributed by atoms with van der Waals surface area (Å²) in [5.41, 5.74) is 0.420. The molecule has 0 aliphatic heterocycles. The van der Waals surface area contributed by atoms with Crippen molar-refractivity contribution in [2.24, 2.45) is 0 Å². The summed E-state index contributed by atoms with van der Waals surface area (Å²) in [6.07, 6.45) is 0. The number of hydrogen-bond acceptors (Lipinski definition) is 6. The molecule has 130 valence electrons. The normalized spacial score (nSPS) is 12.3. The van der Waals surface area contributed by atoms with Crippen molar-refractivity contribution < 1.29 is 13.6 Å². The molecular formula is C17H17FN4O2S. The molecule has 1 aromatic carbocycles. The van der Waals surface area contributed by atoms with E-state index in [1.165, 1.54) is 23.5 Å². The molecule has 2 aromatic heterocycles. The first-order valence-electron chi connectivity index (χ1n) is 7.66. The summed E-state index contributed by atoms with van der Waals surface area (Å²) >= 11 is 1.52. The van der Waals surface area contributed by atoms with Crippen LogP contribution < -0.4 is 5.32 Å². The maximum absolute atomic E-state index is 13.2. The van der Waals surface area contributed by atoms with E-state index in [1.54, 1.807) is 24.1 Å². The van der Waals surface area contributed by atoms with E-state index in [0.717, 1.165) is 4.88 Å². The molecule has 0 aliphatic rings. The summed E-state index contributed by atoms with van der Waals surface area (Å²) in [5, 5.41) is 12.7. The first-order valence-corrected chi connectivity index (χ1v) is 8.54. The van der Waals surface area contributed by atoms with Gasteiger partial charge >= 0.3 is 0 Å². The fourth-order valence-corrected chi connectivity index (χ4v) is 2.87. The Balaban J connectivity index is 1.60. The molecule has 0 unspecified atom stereocenters. The molecule has 3 rings (SSSR count). The van der Waals surface area contributed by atoms with E-state index in [-0.39, 0.29) is 18.5 Å². The number of nitrogens with one attached hydrogen (secondary N) is 1. The van der Waals surface area contributed by atoms with Gasteiger partial charge in [-0.15, -0.1) is 21.5 Å². The third-order valence-corrected chi connectivity index (χ3v) is 4.55. The number of nitrogens with zero attached hydrogens (tertiary/aromatic N) is 3. The first kappa shape index (κ1) is 17.2. The molecule has 3 aromatic rings. The lowest BCUT2D eigenvalue weighted by Gasteiger charge is -2.21. The van der Waals surface area contributed by atoms with E-state index in [0.29, 0.717) is 17.5 Å². The number of carbonyl (C=O) groups is 1. The number of aromatic nitrogens is 2. The van der Waals surface area contributed by atoms with E-state index in [9.17, 15) is 9.18 Å². The zero-order valence-corrected chi connectivity index (χ0v) is 14.6. The number of anilines is 1. The molecule has 1 atom stereocenters. The van der Waals surface area contributed by atoms with Crippen LogP contribution in [-0.4, -0.2) is 34.6 Å². The highest BCUT2D eigenvalue weighted by Gasteiger charge is 2.21. The van der Waals surface area contributed by atoms with Crippen molar-refractivity contribution in [3.8, 4) is 10.8 Å². The lowest BCUT2D eigenvalue weighted by molar-refractivity contribution is -0.117. The second-order valence-corrected chi connectivity index (χ2v) is 6.52. The first-order chi connectivity index (χ1) is 12.0. The SMILES string of the molecule is C[C@@H](c1nnc(-c2cccs2)o1)N(C)CC(=O)Nc1cccc(F)c1. The number of likely N-dealkylation sites (N-methyl/N-ethyl adjacent to an activating group) is 1. The van der Waals surface area contributed by atoms with Gasteiger partial charge in [0.05, 0.1) is 17.5 Å². The van der Waals surface area contributed by atoms with E-state index in [1.807, 2.05) is 24.4 Å². The molecule has 8 heteroatoms. The fourth-order valence-electron chi connectivity index (χ4n) is 2.22. The highest BCUT2D eigenvalue weighted by Crippen LogP contribution is 2.26. The molecule has 1 N–H and O–H groups in total. The van der Waals surface area contributed by atoms with E-state index < -0.39 is 5.82 Å². The van der Waals surface area contributed by atoms with Gasteiger partial charge in [0.25, 0.3) is 5.89 Å². The largest absolute Gasteiger partial charge is 0.418 e. The van der Waals surface area contributed by atoms with Crippen molar-refractivity contribution >= 4 is 22.9 Å². The van der Waals surface area contributed by atoms with Crippen molar-refractivity contribution in [2.75, 3.05) is 18.9 Å². The van der Waals surface area contributed by atoms with Gasteiger partial charge in [-0.2, -0.15) is 0 Å². The van der Waals surface area contributed by atoms with Gasteiger partial charge in [-0.1, -0.05) is 12.1 Å². The monoisotopic (exact) mass is 360 g/mol. The summed E-state index contributed by atoms with van der Waals surface area (Å²) in [6, 6.07) is 9.35. The standard InChI is InChI=1S/C17H17FN4O2S/c1-11(16-20-21-17(24-16)14-7-4-8-25-14)22(2)10-15(23)19-13-6-3-5-12(18)9-13/h3-9,11H,10H2,1-2H3,(H,19,23)/t11-/m0/s1. The highest BCUT2D eigenvalue weighted by molar-refractivity contribution is 7.13. The molecule has 0 saturated heterocycles. The van der Waals surface area contributed by atoms with Crippen LogP contribution in [0, 0.1) is 5.82 Å². The minimum absolute atomic E-state index is 0.106. The average Bonchev–Trinajstić information content (AvgIpc) is 3.25. The van der Waals surface area contributed by atoms with Gasteiger partial charge in [0.1, 0.15) is 5.82 Å². The molecule has 0 saturated carbocycles. The second-order valence-electron chi connectivity index (χ2n) is 5.57. The second kappa shape index (κ2) is 7.54. The number of rotatable bonds is 6. The molecule has 25 heavy (non-hydrogen) atoms. The number of amides is 1. The Kier molecular flexibility index (Phi) is 5.20. The van der Waals surface area contributed by atoms with E-state index >= 15 is 0 Å². The van der Waals surface area contributed by atoms with Crippen molar-refractivity contribution in [3.63, 3.8) is 0 Å². The molecule has 1 amide bonds. The van der Waals surface area contributed by atoms with Crippen molar-refractivity contribution in [2.45, 2.75) is 13.0 Å². The van der Waals surface area contributed by atoms with E-state index in [2.05, 4.69) is 15.5 Å². The lowest BCUT2D eigenvalue weighted by atomic mass is 10.3. The van der Waals surface area contributed by atoms with Crippen molar-refractivity contribution in [3.05, 3.63) is 53.5 Å². The fraction of sp³-hybridized carbons (Fsp3) is 0.235. The molecule has 0 bridgehead atoms. The van der Waals surface area contributed by atoms with Crippen LogP contribution in [0.4, 0.5) is 10.1 Å². The van der Waals surface area contributed by atoms with Crippen LogP contribution in [0.5, 0.6) is 0 Å². The lowest BCUT2D eigenvalue weighted by Crippen LogP contribution is -2.32. The Morgan fingerprint density at radius 1 is 1.36 bits per heavy atom. The minimum Gasteiger partial charge on any atom is -0.418 e. The molecule has 0 radical (unpaired) electrons. The molecular weight excluding hydrogens is 343 g/mol. The van der Waals surface area contributed by atoms with Crippen LogP contribution in [0.3, 0.4) is 0 Å². The quantitative estimate of drug-likeness (QED) is 0.728. The van der Waals surface area contributed by atoms with Crippen LogP contribution >= 0.6 is 11.3 Å². The maximum atomic E-state index is 13.2. The molecule has 0 fully saturated rings. The Labute approximate surface area is 148 Å². The van der Waals surface area contributed by atoms with Crippen LogP contribution in [0.25, 0.3) is 10.8 Å². The summed E-state index contributed by atoms with van der Waals surface area (Å²) in [6.45, 7) is 1.98. The van der Waals surface area contributed by atoms with Crippen molar-refractivity contribution in [1.29, 1.82) is 0 Å². The Morgan fingerprint density at radius 2 is 2.20 bits per heavy atom. The Hall–Kier alpha value is -2.58. The highest BCUT2D eigenvalue weighted by atomic mass is 32.1. The number of halogens is 1. The third kappa shape index (κ3) is 4.28. The topological polar surface area (TPSA) is 71.3 Å². The number of thiophene rings is 1. The number of hydrogen-bond donors (Lipinski definition) is 1. The van der Waals surface area contributed by atoms with E-state index in [4.69, 9.17) is 4.42 Å². The van der Waals surface area contributed by atoms with Crippen molar-refractivity contribution in [1.82, 2.24) is 15.1 Å². The summed E-state index contributed by atoms with van der Waals surface area (Å²) < 4.78 is 18.9. The molecule has 6 nitrogen and oxygen atoms in total. The Bertz CT molecular complexity index is 850. The number of benzene rings is 1. The van der Waals surface area contributed by atoms with Gasteiger partial charge in [0, 0.05) is 5.69 Å². The van der Waals surface area contributed by atoms with Crippen LogP contribution in [0.2, 0.25) is 0 Å². The van der Waals surface area contributed by atoms with Gasteiger partial charge < -0.3 is 9.73 Å². The Morgan fingerprint density at radius 3 is 2.92 bits per heavy atom. The third-order valence-electron chi connectivity index (χ3n) is 3.69. The zero-order chi connectivity index (χ0) is 17.8. The zero-order valence-electron chi connectivity index (χ0n) is 13.8. The van der Waals surface area contributed by atoms with Gasteiger partial charge in [0.2, 0.25) is 11.8 Å². The predicted molar refractivity (Wildman–Crippen MR) is 93.7 cm³/mol.